The van der Waals surface area contributed by atoms with Crippen LogP contribution in [0.5, 0.6) is 0 Å². The lowest BCUT2D eigenvalue weighted by Gasteiger charge is -2.45. The number of rotatable bonds is 4. The largest absolute Gasteiger partial charge is 0.330 e. The van der Waals surface area contributed by atoms with E-state index in [1.54, 1.807) is 4.31 Å². The van der Waals surface area contributed by atoms with Gasteiger partial charge in [-0.25, -0.2) is 12.7 Å². The molecule has 2 N–H and O–H groups in total. The molecule has 0 bridgehead atoms. The van der Waals surface area contributed by atoms with Crippen molar-refractivity contribution in [3.63, 3.8) is 0 Å². The van der Waals surface area contributed by atoms with Crippen molar-refractivity contribution < 1.29 is 8.42 Å². The number of hydrogen-bond acceptors (Lipinski definition) is 3. The maximum atomic E-state index is 11.6. The van der Waals surface area contributed by atoms with Gasteiger partial charge in [0.15, 0.2) is 0 Å². The summed E-state index contributed by atoms with van der Waals surface area (Å²) in [4.78, 5) is 0. The van der Waals surface area contributed by atoms with Crippen molar-refractivity contribution >= 4 is 10.0 Å². The summed E-state index contributed by atoms with van der Waals surface area (Å²) in [7, 11) is -3.01. The van der Waals surface area contributed by atoms with Gasteiger partial charge < -0.3 is 5.73 Å². The molecule has 2 fully saturated rings. The zero-order valence-corrected chi connectivity index (χ0v) is 11.5. The quantitative estimate of drug-likeness (QED) is 0.825. The zero-order valence-electron chi connectivity index (χ0n) is 10.7. The first-order valence-corrected chi connectivity index (χ1v) is 8.45. The Hall–Kier alpha value is -0.130. The maximum absolute atomic E-state index is 11.6. The van der Waals surface area contributed by atoms with Gasteiger partial charge in [0.25, 0.3) is 0 Å². The summed E-state index contributed by atoms with van der Waals surface area (Å²) in [6.07, 6.45) is 8.36. The summed E-state index contributed by atoms with van der Waals surface area (Å²) < 4.78 is 24.7. The van der Waals surface area contributed by atoms with E-state index in [9.17, 15) is 8.42 Å². The average molecular weight is 260 g/mol. The molecule has 0 aromatic carbocycles. The van der Waals surface area contributed by atoms with Crippen LogP contribution in [-0.2, 0) is 10.0 Å². The van der Waals surface area contributed by atoms with Crippen LogP contribution < -0.4 is 5.73 Å². The summed E-state index contributed by atoms with van der Waals surface area (Å²) in [5, 5.41) is 0. The van der Waals surface area contributed by atoms with Gasteiger partial charge >= 0.3 is 0 Å². The van der Waals surface area contributed by atoms with Crippen molar-refractivity contribution in [2.24, 2.45) is 17.1 Å². The minimum Gasteiger partial charge on any atom is -0.330 e. The highest BCUT2D eigenvalue weighted by Gasteiger charge is 2.39. The molecule has 1 unspecified atom stereocenters. The summed E-state index contributed by atoms with van der Waals surface area (Å²) in [5.74, 6) is 0.516. The van der Waals surface area contributed by atoms with E-state index in [-0.39, 0.29) is 0 Å². The monoisotopic (exact) mass is 260 g/mol. The Morgan fingerprint density at radius 2 is 2.06 bits per heavy atom. The third-order valence-electron chi connectivity index (χ3n) is 4.52. The van der Waals surface area contributed by atoms with Crippen molar-refractivity contribution in [1.29, 1.82) is 0 Å². The van der Waals surface area contributed by atoms with E-state index in [1.807, 2.05) is 0 Å². The molecular weight excluding hydrogens is 236 g/mol. The van der Waals surface area contributed by atoms with Crippen molar-refractivity contribution in [3.05, 3.63) is 0 Å². The lowest BCUT2D eigenvalue weighted by Crippen LogP contribution is -2.44. The van der Waals surface area contributed by atoms with Crippen molar-refractivity contribution in [2.45, 2.75) is 38.5 Å². The van der Waals surface area contributed by atoms with Crippen molar-refractivity contribution in [2.75, 3.05) is 25.9 Å². The van der Waals surface area contributed by atoms with Crippen LogP contribution in [0.2, 0.25) is 0 Å². The highest BCUT2D eigenvalue weighted by atomic mass is 32.2. The van der Waals surface area contributed by atoms with E-state index in [4.69, 9.17) is 5.73 Å². The van der Waals surface area contributed by atoms with E-state index >= 15 is 0 Å². The molecule has 0 amide bonds. The predicted molar refractivity (Wildman–Crippen MR) is 69.1 cm³/mol. The lowest BCUT2D eigenvalue weighted by atomic mass is 9.63. The number of nitrogens with two attached hydrogens (primary N) is 1. The van der Waals surface area contributed by atoms with Crippen LogP contribution in [0.3, 0.4) is 0 Å². The van der Waals surface area contributed by atoms with Crippen LogP contribution in [0, 0.1) is 11.3 Å². The van der Waals surface area contributed by atoms with Crippen molar-refractivity contribution in [1.82, 2.24) is 4.31 Å². The summed E-state index contributed by atoms with van der Waals surface area (Å²) in [5.41, 5.74) is 6.21. The van der Waals surface area contributed by atoms with E-state index in [0.717, 1.165) is 25.8 Å². The van der Waals surface area contributed by atoms with Crippen LogP contribution in [-0.4, -0.2) is 38.6 Å². The fraction of sp³-hybridized carbons (Fsp3) is 1.00. The summed E-state index contributed by atoms with van der Waals surface area (Å²) in [6.45, 7) is 2.17. The molecule has 1 aliphatic heterocycles. The topological polar surface area (TPSA) is 63.4 Å². The molecule has 1 saturated carbocycles. The first kappa shape index (κ1) is 13.3. The Bertz CT molecular complexity index is 357. The molecule has 1 heterocycles. The normalized spacial score (nSPS) is 29.9. The van der Waals surface area contributed by atoms with Gasteiger partial charge in [0.2, 0.25) is 10.0 Å². The maximum Gasteiger partial charge on any atom is 0.211 e. The Balaban J connectivity index is 1.94. The zero-order chi connectivity index (χ0) is 12.5. The second kappa shape index (κ2) is 4.86. The predicted octanol–water partition coefficient (Wildman–Crippen LogP) is 1.18. The molecule has 17 heavy (non-hydrogen) atoms. The molecule has 5 heteroatoms. The average Bonchev–Trinajstić information content (AvgIpc) is 2.23. The first-order valence-electron chi connectivity index (χ1n) is 6.60. The molecule has 0 spiro atoms. The van der Waals surface area contributed by atoms with Crippen LogP contribution in [0.25, 0.3) is 0 Å². The molecule has 4 nitrogen and oxygen atoms in total. The molecular formula is C12H24N2O2S. The summed E-state index contributed by atoms with van der Waals surface area (Å²) in [6, 6.07) is 0. The second-order valence-electron chi connectivity index (χ2n) is 5.89. The number of hydrogen-bond donors (Lipinski definition) is 1. The minimum atomic E-state index is -3.01. The van der Waals surface area contributed by atoms with Crippen molar-refractivity contribution in [3.8, 4) is 0 Å². The van der Waals surface area contributed by atoms with Gasteiger partial charge in [0, 0.05) is 13.1 Å². The molecule has 0 radical (unpaired) electrons. The fourth-order valence-corrected chi connectivity index (χ4v) is 4.22. The van der Waals surface area contributed by atoms with E-state index in [1.165, 1.54) is 25.5 Å². The molecule has 1 atom stereocenters. The van der Waals surface area contributed by atoms with Gasteiger partial charge in [0.05, 0.1) is 6.26 Å². The third-order valence-corrected chi connectivity index (χ3v) is 5.79. The van der Waals surface area contributed by atoms with Gasteiger partial charge in [-0.3, -0.25) is 0 Å². The van der Waals surface area contributed by atoms with Gasteiger partial charge in [-0.2, -0.15) is 0 Å². The highest BCUT2D eigenvalue weighted by Crippen LogP contribution is 2.46. The standard InChI is InChI=1S/C12H24N2O2S/c1-17(15,16)14-7-2-4-11(9-14)8-12(10-13)5-3-6-12/h11H,2-10,13H2,1H3. The third kappa shape index (κ3) is 3.01. The molecule has 1 aliphatic carbocycles. The SMILES string of the molecule is CS(=O)(=O)N1CCCC(CC2(CN)CCC2)C1. The molecule has 2 aliphatic rings. The lowest BCUT2D eigenvalue weighted by molar-refractivity contribution is 0.0846. The van der Waals surface area contributed by atoms with E-state index in [2.05, 4.69) is 0 Å². The smallest absolute Gasteiger partial charge is 0.211 e. The second-order valence-corrected chi connectivity index (χ2v) is 7.87. The number of piperidine rings is 1. The highest BCUT2D eigenvalue weighted by molar-refractivity contribution is 7.88. The fourth-order valence-electron chi connectivity index (χ4n) is 3.28. The molecule has 0 aromatic rings. The molecule has 0 aromatic heterocycles. The number of nitrogens with zero attached hydrogens (tertiary/aromatic N) is 1. The molecule has 100 valence electrons. The van der Waals surface area contributed by atoms with E-state index in [0.29, 0.717) is 24.4 Å². The van der Waals surface area contributed by atoms with Gasteiger partial charge in [-0.1, -0.05) is 6.42 Å². The molecule has 2 rings (SSSR count). The van der Waals surface area contributed by atoms with Crippen LogP contribution >= 0.6 is 0 Å². The van der Waals surface area contributed by atoms with Crippen LogP contribution in [0.1, 0.15) is 38.5 Å². The van der Waals surface area contributed by atoms with Crippen LogP contribution in [0.4, 0.5) is 0 Å². The van der Waals surface area contributed by atoms with Gasteiger partial charge in [-0.15, -0.1) is 0 Å². The summed E-state index contributed by atoms with van der Waals surface area (Å²) >= 11 is 0. The Kier molecular flexibility index (Phi) is 3.80. The number of sulfonamides is 1. The van der Waals surface area contributed by atoms with Gasteiger partial charge in [0.1, 0.15) is 0 Å². The minimum absolute atomic E-state index is 0.338. The Labute approximate surface area is 105 Å². The Morgan fingerprint density at radius 1 is 1.35 bits per heavy atom. The van der Waals surface area contributed by atoms with Crippen LogP contribution in [0.15, 0.2) is 0 Å². The van der Waals surface area contributed by atoms with E-state index < -0.39 is 10.0 Å². The first-order chi connectivity index (χ1) is 7.95. The Morgan fingerprint density at radius 3 is 2.53 bits per heavy atom. The molecule has 1 saturated heterocycles. The van der Waals surface area contributed by atoms with Gasteiger partial charge in [-0.05, 0) is 50.0 Å².